The van der Waals surface area contributed by atoms with Crippen LogP contribution in [0.15, 0.2) is 42.5 Å². The highest BCUT2D eigenvalue weighted by Crippen LogP contribution is 2.37. The van der Waals surface area contributed by atoms with Crippen molar-refractivity contribution in [3.05, 3.63) is 70.8 Å². The fourth-order valence-corrected chi connectivity index (χ4v) is 2.92. The summed E-state index contributed by atoms with van der Waals surface area (Å²) in [6.45, 7) is 0. The van der Waals surface area contributed by atoms with Gasteiger partial charge in [-0.2, -0.15) is 0 Å². The molecule has 0 saturated heterocycles. The normalized spacial score (nSPS) is 21.4. The summed E-state index contributed by atoms with van der Waals surface area (Å²) in [5.74, 6) is -1.04. The van der Waals surface area contributed by atoms with E-state index in [9.17, 15) is 8.78 Å². The zero-order valence-electron chi connectivity index (χ0n) is 10.5. The molecule has 1 aliphatic carbocycles. The van der Waals surface area contributed by atoms with E-state index in [4.69, 9.17) is 5.73 Å². The number of hydrogen-bond donors (Lipinski definition) is 1. The molecular formula is C16H15F2N. The molecule has 1 nitrogen and oxygen atoms in total. The maximum absolute atomic E-state index is 13.8. The van der Waals surface area contributed by atoms with Crippen LogP contribution in [-0.2, 0) is 18.4 Å². The molecule has 0 bridgehead atoms. The second kappa shape index (κ2) is 4.42. The Balaban J connectivity index is 2.00. The number of benzene rings is 2. The van der Waals surface area contributed by atoms with Crippen molar-refractivity contribution in [3.8, 4) is 0 Å². The largest absolute Gasteiger partial charge is 0.321 e. The third-order valence-electron chi connectivity index (χ3n) is 3.95. The molecule has 0 radical (unpaired) electrons. The molecule has 19 heavy (non-hydrogen) atoms. The third kappa shape index (κ3) is 2.04. The third-order valence-corrected chi connectivity index (χ3v) is 3.95. The van der Waals surface area contributed by atoms with E-state index in [1.165, 1.54) is 23.8 Å². The Morgan fingerprint density at radius 2 is 1.68 bits per heavy atom. The molecule has 1 atom stereocenters. The van der Waals surface area contributed by atoms with Gasteiger partial charge < -0.3 is 5.73 Å². The van der Waals surface area contributed by atoms with E-state index in [-0.39, 0.29) is 12.0 Å². The molecular weight excluding hydrogens is 244 g/mol. The molecule has 3 rings (SSSR count). The molecule has 0 aliphatic heterocycles. The minimum Gasteiger partial charge on any atom is -0.321 e. The van der Waals surface area contributed by atoms with Crippen LogP contribution in [-0.4, -0.2) is 0 Å². The lowest BCUT2D eigenvalue weighted by Crippen LogP contribution is -2.37. The van der Waals surface area contributed by atoms with E-state index in [0.29, 0.717) is 0 Å². The maximum Gasteiger partial charge on any atom is 0.129 e. The predicted molar refractivity (Wildman–Crippen MR) is 70.7 cm³/mol. The molecule has 2 aromatic rings. The number of fused-ring (bicyclic) bond motifs is 1. The van der Waals surface area contributed by atoms with Crippen molar-refractivity contribution in [1.29, 1.82) is 0 Å². The summed E-state index contributed by atoms with van der Waals surface area (Å²) in [5, 5.41) is 0. The molecule has 98 valence electrons. The molecule has 0 heterocycles. The van der Waals surface area contributed by atoms with Gasteiger partial charge in [-0.3, -0.25) is 0 Å². The Morgan fingerprint density at radius 3 is 2.42 bits per heavy atom. The fraction of sp³-hybridized carbons (Fsp3) is 0.250. The molecule has 2 N–H and O–H groups in total. The van der Waals surface area contributed by atoms with Crippen molar-refractivity contribution in [3.63, 3.8) is 0 Å². The molecule has 0 fully saturated rings. The monoisotopic (exact) mass is 259 g/mol. The highest BCUT2D eigenvalue weighted by Gasteiger charge is 2.36. The number of hydrogen-bond acceptors (Lipinski definition) is 1. The van der Waals surface area contributed by atoms with Gasteiger partial charge in [0, 0.05) is 17.5 Å². The van der Waals surface area contributed by atoms with Crippen LogP contribution in [0, 0.1) is 11.6 Å². The summed E-state index contributed by atoms with van der Waals surface area (Å²) in [4.78, 5) is 0. The zero-order valence-corrected chi connectivity index (χ0v) is 10.5. The summed E-state index contributed by atoms with van der Waals surface area (Å²) < 4.78 is 27.5. The van der Waals surface area contributed by atoms with Gasteiger partial charge in [0.05, 0.1) is 0 Å². The Labute approximate surface area is 111 Å². The van der Waals surface area contributed by atoms with Crippen molar-refractivity contribution in [1.82, 2.24) is 0 Å². The topological polar surface area (TPSA) is 26.0 Å². The predicted octanol–water partition coefficient (Wildman–Crippen LogP) is 3.31. The first-order valence-electron chi connectivity index (χ1n) is 6.40. The molecule has 1 aliphatic rings. The second-order valence-corrected chi connectivity index (χ2v) is 5.19. The van der Waals surface area contributed by atoms with E-state index < -0.39 is 17.2 Å². The van der Waals surface area contributed by atoms with Crippen LogP contribution >= 0.6 is 0 Å². The van der Waals surface area contributed by atoms with Crippen LogP contribution in [0.3, 0.4) is 0 Å². The molecule has 0 saturated carbocycles. The summed E-state index contributed by atoms with van der Waals surface area (Å²) in [5.41, 5.74) is 8.02. The quantitative estimate of drug-likeness (QED) is 0.879. The van der Waals surface area contributed by atoms with Gasteiger partial charge >= 0.3 is 0 Å². The number of aryl methyl sites for hydroxylation is 1. The van der Waals surface area contributed by atoms with Crippen LogP contribution in [0.1, 0.15) is 23.1 Å². The minimum absolute atomic E-state index is 0.0849. The van der Waals surface area contributed by atoms with Gasteiger partial charge in [-0.1, -0.05) is 30.3 Å². The SMILES string of the molecule is NC1(Cc2c(F)cccc2F)CCc2ccccc21. The first-order valence-corrected chi connectivity index (χ1v) is 6.40. The van der Waals surface area contributed by atoms with Crippen LogP contribution in [0.4, 0.5) is 8.78 Å². The molecule has 2 aromatic carbocycles. The standard InChI is InChI=1S/C16H15F2N/c17-14-6-3-7-15(18)12(14)10-16(19)9-8-11-4-1-2-5-13(11)16/h1-7H,8-10,19H2. The van der Waals surface area contributed by atoms with Crippen molar-refractivity contribution in [2.75, 3.05) is 0 Å². The Bertz CT molecular complexity index is 604. The van der Waals surface area contributed by atoms with Crippen LogP contribution in [0.5, 0.6) is 0 Å². The zero-order chi connectivity index (χ0) is 13.5. The molecule has 0 spiro atoms. The maximum atomic E-state index is 13.8. The van der Waals surface area contributed by atoms with E-state index in [1.807, 2.05) is 24.3 Å². The summed E-state index contributed by atoms with van der Waals surface area (Å²) in [6.07, 6.45) is 1.78. The van der Waals surface area contributed by atoms with E-state index in [1.54, 1.807) is 0 Å². The molecule has 3 heteroatoms. The van der Waals surface area contributed by atoms with Gasteiger partial charge in [-0.05, 0) is 36.1 Å². The van der Waals surface area contributed by atoms with E-state index in [2.05, 4.69) is 0 Å². The average molecular weight is 259 g/mol. The first kappa shape index (κ1) is 12.3. The number of halogens is 2. The first-order chi connectivity index (χ1) is 9.10. The van der Waals surface area contributed by atoms with Gasteiger partial charge in [0.25, 0.3) is 0 Å². The van der Waals surface area contributed by atoms with Gasteiger partial charge in [0.1, 0.15) is 11.6 Å². The van der Waals surface area contributed by atoms with Crippen molar-refractivity contribution in [2.24, 2.45) is 5.73 Å². The van der Waals surface area contributed by atoms with E-state index in [0.717, 1.165) is 18.4 Å². The molecule has 0 aromatic heterocycles. The second-order valence-electron chi connectivity index (χ2n) is 5.19. The summed E-state index contributed by atoms with van der Waals surface area (Å²) in [7, 11) is 0. The van der Waals surface area contributed by atoms with Crippen LogP contribution < -0.4 is 5.73 Å². The highest BCUT2D eigenvalue weighted by atomic mass is 19.1. The van der Waals surface area contributed by atoms with Gasteiger partial charge in [0.2, 0.25) is 0 Å². The Morgan fingerprint density at radius 1 is 1.00 bits per heavy atom. The Hall–Kier alpha value is -1.74. The molecule has 1 unspecified atom stereocenters. The van der Waals surface area contributed by atoms with Crippen LogP contribution in [0.25, 0.3) is 0 Å². The minimum atomic E-state index is -0.667. The van der Waals surface area contributed by atoms with Crippen molar-refractivity contribution in [2.45, 2.75) is 24.8 Å². The van der Waals surface area contributed by atoms with Gasteiger partial charge in [0.15, 0.2) is 0 Å². The lowest BCUT2D eigenvalue weighted by atomic mass is 9.86. The lowest BCUT2D eigenvalue weighted by molar-refractivity contribution is 0.416. The fourth-order valence-electron chi connectivity index (χ4n) is 2.92. The number of nitrogens with two attached hydrogens (primary N) is 1. The molecule has 0 amide bonds. The van der Waals surface area contributed by atoms with Crippen molar-refractivity contribution < 1.29 is 8.78 Å². The van der Waals surface area contributed by atoms with Gasteiger partial charge in [-0.25, -0.2) is 8.78 Å². The number of rotatable bonds is 2. The van der Waals surface area contributed by atoms with Gasteiger partial charge in [-0.15, -0.1) is 0 Å². The van der Waals surface area contributed by atoms with E-state index >= 15 is 0 Å². The summed E-state index contributed by atoms with van der Waals surface area (Å²) in [6, 6.07) is 11.8. The van der Waals surface area contributed by atoms with Crippen molar-refractivity contribution >= 4 is 0 Å². The smallest absolute Gasteiger partial charge is 0.129 e. The lowest BCUT2D eigenvalue weighted by Gasteiger charge is -2.26. The Kier molecular flexibility index (Phi) is 2.86. The summed E-state index contributed by atoms with van der Waals surface area (Å²) >= 11 is 0. The van der Waals surface area contributed by atoms with Crippen LogP contribution in [0.2, 0.25) is 0 Å². The average Bonchev–Trinajstić information content (AvgIpc) is 2.73. The highest BCUT2D eigenvalue weighted by molar-refractivity contribution is 5.40.